The normalized spacial score (nSPS) is 20.6. The summed E-state index contributed by atoms with van der Waals surface area (Å²) in [6.45, 7) is 11.8. The van der Waals surface area contributed by atoms with E-state index < -0.39 is 5.60 Å². The molecule has 116 valence electrons. The zero-order valence-corrected chi connectivity index (χ0v) is 13.1. The molecule has 0 aromatic heterocycles. The fourth-order valence-electron chi connectivity index (χ4n) is 2.09. The molecular formula is C14H26N2O4. The summed E-state index contributed by atoms with van der Waals surface area (Å²) in [4.78, 5) is 27.2. The maximum absolute atomic E-state index is 12.0. The molecule has 1 rings (SSSR count). The zero-order valence-electron chi connectivity index (χ0n) is 13.1. The topological polar surface area (TPSA) is 59.1 Å². The van der Waals surface area contributed by atoms with Crippen molar-refractivity contribution in [3.05, 3.63) is 0 Å². The van der Waals surface area contributed by atoms with Crippen LogP contribution in [-0.4, -0.2) is 66.3 Å². The summed E-state index contributed by atoms with van der Waals surface area (Å²) in [5, 5.41) is 0. The standard InChI is InChI=1S/C14H26N2O4/c1-6-19-12(17)10-15-7-8-16(9-11(15)2)13(18)20-14(3,4)5/h11H,6-10H2,1-5H3/t11-/m0/s1. The molecule has 1 fully saturated rings. The van der Waals surface area contributed by atoms with Gasteiger partial charge in [0.25, 0.3) is 0 Å². The predicted molar refractivity (Wildman–Crippen MR) is 75.5 cm³/mol. The SMILES string of the molecule is CCOC(=O)CN1CCN(C(=O)OC(C)(C)C)C[C@@H]1C. The van der Waals surface area contributed by atoms with Crippen molar-refractivity contribution in [1.82, 2.24) is 9.80 Å². The van der Waals surface area contributed by atoms with Crippen LogP contribution in [0.5, 0.6) is 0 Å². The molecule has 0 aromatic rings. The number of rotatable bonds is 3. The van der Waals surface area contributed by atoms with Gasteiger partial charge in [-0.3, -0.25) is 9.69 Å². The molecular weight excluding hydrogens is 260 g/mol. The second kappa shape index (κ2) is 6.92. The number of ether oxygens (including phenoxy) is 2. The van der Waals surface area contributed by atoms with E-state index in [-0.39, 0.29) is 24.6 Å². The van der Waals surface area contributed by atoms with Crippen LogP contribution in [-0.2, 0) is 14.3 Å². The van der Waals surface area contributed by atoms with Crippen LogP contribution in [0.25, 0.3) is 0 Å². The smallest absolute Gasteiger partial charge is 0.410 e. The van der Waals surface area contributed by atoms with Crippen molar-refractivity contribution in [1.29, 1.82) is 0 Å². The molecule has 0 aliphatic carbocycles. The van der Waals surface area contributed by atoms with Gasteiger partial charge in [0, 0.05) is 25.7 Å². The molecule has 20 heavy (non-hydrogen) atoms. The number of esters is 1. The van der Waals surface area contributed by atoms with E-state index >= 15 is 0 Å². The largest absolute Gasteiger partial charge is 0.465 e. The van der Waals surface area contributed by atoms with Gasteiger partial charge in [-0.2, -0.15) is 0 Å². The van der Waals surface area contributed by atoms with Crippen LogP contribution < -0.4 is 0 Å². The van der Waals surface area contributed by atoms with Crippen LogP contribution in [0.2, 0.25) is 0 Å². The van der Waals surface area contributed by atoms with Crippen molar-refractivity contribution in [2.24, 2.45) is 0 Å². The van der Waals surface area contributed by atoms with Crippen LogP contribution in [0.4, 0.5) is 4.79 Å². The molecule has 1 amide bonds. The second-order valence-electron chi connectivity index (χ2n) is 6.05. The molecule has 1 saturated heterocycles. The first-order valence-electron chi connectivity index (χ1n) is 7.10. The molecule has 1 aliphatic rings. The van der Waals surface area contributed by atoms with Crippen molar-refractivity contribution in [2.75, 3.05) is 32.8 Å². The van der Waals surface area contributed by atoms with Crippen molar-refractivity contribution in [3.63, 3.8) is 0 Å². The van der Waals surface area contributed by atoms with Gasteiger partial charge in [-0.05, 0) is 34.6 Å². The second-order valence-corrected chi connectivity index (χ2v) is 6.05. The Labute approximate surface area is 121 Å². The lowest BCUT2D eigenvalue weighted by Gasteiger charge is -2.39. The lowest BCUT2D eigenvalue weighted by Crippen LogP contribution is -2.55. The highest BCUT2D eigenvalue weighted by Crippen LogP contribution is 2.14. The summed E-state index contributed by atoms with van der Waals surface area (Å²) in [6.07, 6.45) is -0.292. The van der Waals surface area contributed by atoms with Crippen molar-refractivity contribution in [3.8, 4) is 0 Å². The molecule has 0 radical (unpaired) electrons. The number of piperazine rings is 1. The van der Waals surface area contributed by atoms with E-state index in [1.54, 1.807) is 11.8 Å². The summed E-state index contributed by atoms with van der Waals surface area (Å²) in [5.41, 5.74) is -0.484. The van der Waals surface area contributed by atoms with Gasteiger partial charge in [0.2, 0.25) is 0 Å². The summed E-state index contributed by atoms with van der Waals surface area (Å²) < 4.78 is 10.3. The third kappa shape index (κ3) is 5.36. The van der Waals surface area contributed by atoms with Gasteiger partial charge in [-0.1, -0.05) is 0 Å². The molecule has 0 unspecified atom stereocenters. The lowest BCUT2D eigenvalue weighted by atomic mass is 10.2. The van der Waals surface area contributed by atoms with E-state index in [1.807, 2.05) is 32.6 Å². The van der Waals surface area contributed by atoms with E-state index in [4.69, 9.17) is 9.47 Å². The number of hydrogen-bond acceptors (Lipinski definition) is 5. The molecule has 0 spiro atoms. The van der Waals surface area contributed by atoms with Crippen LogP contribution in [0.15, 0.2) is 0 Å². The van der Waals surface area contributed by atoms with Gasteiger partial charge in [0.05, 0.1) is 13.2 Å². The van der Waals surface area contributed by atoms with E-state index in [2.05, 4.69) is 0 Å². The molecule has 6 heteroatoms. The van der Waals surface area contributed by atoms with Crippen LogP contribution in [0.3, 0.4) is 0 Å². The highest BCUT2D eigenvalue weighted by molar-refractivity contribution is 5.72. The molecule has 1 aliphatic heterocycles. The first kappa shape index (κ1) is 16.8. The van der Waals surface area contributed by atoms with Crippen molar-refractivity contribution >= 4 is 12.1 Å². The maximum atomic E-state index is 12.0. The third-order valence-electron chi connectivity index (χ3n) is 3.05. The van der Waals surface area contributed by atoms with Crippen LogP contribution in [0.1, 0.15) is 34.6 Å². The monoisotopic (exact) mass is 286 g/mol. The Morgan fingerprint density at radius 1 is 1.25 bits per heavy atom. The van der Waals surface area contributed by atoms with Crippen LogP contribution in [0, 0.1) is 0 Å². The Morgan fingerprint density at radius 3 is 2.40 bits per heavy atom. The van der Waals surface area contributed by atoms with E-state index in [1.165, 1.54) is 0 Å². The molecule has 1 atom stereocenters. The van der Waals surface area contributed by atoms with Gasteiger partial charge in [-0.25, -0.2) is 4.79 Å². The van der Waals surface area contributed by atoms with E-state index in [9.17, 15) is 9.59 Å². The quantitative estimate of drug-likeness (QED) is 0.736. The maximum Gasteiger partial charge on any atom is 0.410 e. The average Bonchev–Trinajstić information content (AvgIpc) is 2.29. The van der Waals surface area contributed by atoms with E-state index in [0.29, 0.717) is 26.2 Å². The van der Waals surface area contributed by atoms with E-state index in [0.717, 1.165) is 0 Å². The summed E-state index contributed by atoms with van der Waals surface area (Å²) in [6, 6.07) is 0.112. The summed E-state index contributed by atoms with van der Waals surface area (Å²) in [7, 11) is 0. The number of carbonyl (C=O) groups is 2. The molecule has 0 bridgehead atoms. The lowest BCUT2D eigenvalue weighted by molar-refractivity contribution is -0.145. The fourth-order valence-corrected chi connectivity index (χ4v) is 2.09. The van der Waals surface area contributed by atoms with Gasteiger partial charge < -0.3 is 14.4 Å². The molecule has 1 heterocycles. The van der Waals surface area contributed by atoms with Crippen LogP contribution >= 0.6 is 0 Å². The average molecular weight is 286 g/mol. The van der Waals surface area contributed by atoms with Gasteiger partial charge in [-0.15, -0.1) is 0 Å². The van der Waals surface area contributed by atoms with Gasteiger partial charge in [0.15, 0.2) is 0 Å². The zero-order chi connectivity index (χ0) is 15.3. The highest BCUT2D eigenvalue weighted by atomic mass is 16.6. The third-order valence-corrected chi connectivity index (χ3v) is 3.05. The predicted octanol–water partition coefficient (Wildman–Crippen LogP) is 1.49. The minimum Gasteiger partial charge on any atom is -0.465 e. The Balaban J connectivity index is 2.46. The summed E-state index contributed by atoms with van der Waals surface area (Å²) >= 11 is 0. The fraction of sp³-hybridized carbons (Fsp3) is 0.857. The minimum absolute atomic E-state index is 0.112. The number of amides is 1. The van der Waals surface area contributed by atoms with Gasteiger partial charge >= 0.3 is 12.1 Å². The number of hydrogen-bond donors (Lipinski definition) is 0. The minimum atomic E-state index is -0.484. The Bertz CT molecular complexity index is 352. The van der Waals surface area contributed by atoms with Gasteiger partial charge in [0.1, 0.15) is 5.60 Å². The van der Waals surface area contributed by atoms with Crippen molar-refractivity contribution in [2.45, 2.75) is 46.3 Å². The first-order chi connectivity index (χ1) is 9.23. The summed E-state index contributed by atoms with van der Waals surface area (Å²) in [5.74, 6) is -0.218. The van der Waals surface area contributed by atoms with Crippen molar-refractivity contribution < 1.29 is 19.1 Å². The highest BCUT2D eigenvalue weighted by Gasteiger charge is 2.30. The molecule has 0 aromatic carbocycles. The Hall–Kier alpha value is -1.30. The Kier molecular flexibility index (Phi) is 5.80. The first-order valence-corrected chi connectivity index (χ1v) is 7.10. The molecule has 6 nitrogen and oxygen atoms in total. The molecule has 0 saturated carbocycles. The molecule has 0 N–H and O–H groups in total. The number of carbonyl (C=O) groups excluding carboxylic acids is 2. The number of nitrogens with zero attached hydrogens (tertiary/aromatic N) is 2. The Morgan fingerprint density at radius 2 is 1.90 bits per heavy atom.